The molecule has 2 amide bonds. The lowest BCUT2D eigenvalue weighted by molar-refractivity contribution is -0.136. The molecule has 2 heterocycles. The maximum Gasteiger partial charge on any atom is 0.338 e. The smallest absolute Gasteiger partial charge is 0.338 e. The van der Waals surface area contributed by atoms with Crippen LogP contribution in [0, 0.1) is 0 Å². The first-order chi connectivity index (χ1) is 9.17. The van der Waals surface area contributed by atoms with Crippen molar-refractivity contribution < 1.29 is 23.5 Å². The van der Waals surface area contributed by atoms with E-state index < -0.39 is 18.0 Å². The second kappa shape index (κ2) is 5.57. The minimum atomic E-state index is -0.693. The van der Waals surface area contributed by atoms with E-state index in [1.54, 1.807) is 12.1 Å². The molecule has 2 rings (SSSR count). The molecule has 0 bridgehead atoms. The zero-order valence-corrected chi connectivity index (χ0v) is 10.6. The van der Waals surface area contributed by atoms with Crippen molar-refractivity contribution in [3.8, 4) is 0 Å². The fraction of sp³-hybridized carbons (Fsp3) is 0.333. The first-order valence-electron chi connectivity index (χ1n) is 5.58. The number of amides is 2. The van der Waals surface area contributed by atoms with Crippen LogP contribution in [0.1, 0.15) is 11.8 Å². The lowest BCUT2D eigenvalue weighted by Gasteiger charge is -2.27. The zero-order chi connectivity index (χ0) is 13.8. The maximum absolute atomic E-state index is 11.9. The summed E-state index contributed by atoms with van der Waals surface area (Å²) in [6, 6.07) is 2.22. The van der Waals surface area contributed by atoms with Gasteiger partial charge in [-0.05, 0) is 12.1 Å². The SMILES string of the molecule is COCC1=C(C(=O)OC)C(c2ccco2)NC(=O)N1. The first kappa shape index (κ1) is 13.2. The predicted octanol–water partition coefficient (Wildman–Crippen LogP) is 0.707. The van der Waals surface area contributed by atoms with E-state index in [2.05, 4.69) is 10.6 Å². The zero-order valence-electron chi connectivity index (χ0n) is 10.6. The molecule has 1 aliphatic heterocycles. The highest BCUT2D eigenvalue weighted by molar-refractivity contribution is 5.94. The molecule has 1 aromatic heterocycles. The number of rotatable bonds is 4. The number of carbonyl (C=O) groups excluding carboxylic acids is 2. The minimum absolute atomic E-state index is 0.0923. The van der Waals surface area contributed by atoms with Crippen LogP contribution in [0.5, 0.6) is 0 Å². The average molecular weight is 266 g/mol. The summed E-state index contributed by atoms with van der Waals surface area (Å²) in [5.74, 6) is -0.107. The van der Waals surface area contributed by atoms with Gasteiger partial charge in [0, 0.05) is 7.11 Å². The van der Waals surface area contributed by atoms with E-state index in [0.29, 0.717) is 11.5 Å². The number of hydrogen-bond acceptors (Lipinski definition) is 5. The Labute approximate surface area is 109 Å². The second-order valence-electron chi connectivity index (χ2n) is 3.86. The van der Waals surface area contributed by atoms with Crippen molar-refractivity contribution in [2.45, 2.75) is 6.04 Å². The molecule has 7 nitrogen and oxygen atoms in total. The highest BCUT2D eigenvalue weighted by Gasteiger charge is 2.34. The monoisotopic (exact) mass is 266 g/mol. The molecular formula is C12H14N2O5. The fourth-order valence-electron chi connectivity index (χ4n) is 1.90. The number of hydrogen-bond donors (Lipinski definition) is 2. The van der Waals surface area contributed by atoms with Gasteiger partial charge in [-0.3, -0.25) is 0 Å². The van der Waals surface area contributed by atoms with E-state index in [-0.39, 0.29) is 12.2 Å². The molecule has 7 heteroatoms. The first-order valence-corrected chi connectivity index (χ1v) is 5.58. The third kappa shape index (κ3) is 2.60. The van der Waals surface area contributed by atoms with Crippen LogP contribution in [-0.2, 0) is 14.3 Å². The summed E-state index contributed by atoms with van der Waals surface area (Å²) < 4.78 is 15.0. The van der Waals surface area contributed by atoms with Crippen molar-refractivity contribution in [2.75, 3.05) is 20.8 Å². The van der Waals surface area contributed by atoms with Gasteiger partial charge in [0.1, 0.15) is 11.8 Å². The molecule has 2 N–H and O–H groups in total. The van der Waals surface area contributed by atoms with Gasteiger partial charge in [0.05, 0.1) is 31.2 Å². The lowest BCUT2D eigenvalue weighted by atomic mass is 10.0. The van der Waals surface area contributed by atoms with E-state index in [1.165, 1.54) is 20.5 Å². The van der Waals surface area contributed by atoms with Crippen LogP contribution in [-0.4, -0.2) is 32.8 Å². The molecule has 1 aromatic rings. The van der Waals surface area contributed by atoms with Gasteiger partial charge in [-0.15, -0.1) is 0 Å². The highest BCUT2D eigenvalue weighted by Crippen LogP contribution is 2.27. The topological polar surface area (TPSA) is 89.8 Å². The summed E-state index contributed by atoms with van der Waals surface area (Å²) >= 11 is 0. The van der Waals surface area contributed by atoms with Crippen molar-refractivity contribution in [3.63, 3.8) is 0 Å². The van der Waals surface area contributed by atoms with Crippen molar-refractivity contribution >= 4 is 12.0 Å². The highest BCUT2D eigenvalue weighted by atomic mass is 16.5. The van der Waals surface area contributed by atoms with E-state index in [1.807, 2.05) is 0 Å². The third-order valence-electron chi connectivity index (χ3n) is 2.68. The second-order valence-corrected chi connectivity index (χ2v) is 3.86. The van der Waals surface area contributed by atoms with Crippen LogP contribution >= 0.6 is 0 Å². The van der Waals surface area contributed by atoms with Crippen molar-refractivity contribution in [2.24, 2.45) is 0 Å². The van der Waals surface area contributed by atoms with Gasteiger partial charge in [-0.25, -0.2) is 9.59 Å². The average Bonchev–Trinajstić information content (AvgIpc) is 2.91. The normalized spacial score (nSPS) is 18.8. The van der Waals surface area contributed by atoms with Crippen molar-refractivity contribution in [1.82, 2.24) is 10.6 Å². The molecule has 19 heavy (non-hydrogen) atoms. The Hall–Kier alpha value is -2.28. The van der Waals surface area contributed by atoms with Crippen LogP contribution in [0.15, 0.2) is 34.1 Å². The molecule has 0 fully saturated rings. The van der Waals surface area contributed by atoms with E-state index in [9.17, 15) is 9.59 Å². The summed E-state index contributed by atoms with van der Waals surface area (Å²) in [5, 5.41) is 5.15. The molecular weight excluding hydrogens is 252 g/mol. The van der Waals surface area contributed by atoms with Crippen LogP contribution in [0.25, 0.3) is 0 Å². The van der Waals surface area contributed by atoms with Crippen LogP contribution < -0.4 is 10.6 Å². The molecule has 102 valence electrons. The Morgan fingerprint density at radius 1 is 1.47 bits per heavy atom. The Morgan fingerprint density at radius 3 is 2.84 bits per heavy atom. The Bertz CT molecular complexity index is 506. The summed E-state index contributed by atoms with van der Waals surface area (Å²) in [7, 11) is 2.74. The van der Waals surface area contributed by atoms with E-state index >= 15 is 0 Å². The molecule has 0 aromatic carbocycles. The van der Waals surface area contributed by atoms with Crippen LogP contribution in [0.3, 0.4) is 0 Å². The largest absolute Gasteiger partial charge is 0.467 e. The number of nitrogens with one attached hydrogen (secondary N) is 2. The van der Waals surface area contributed by atoms with Gasteiger partial charge < -0.3 is 24.5 Å². The van der Waals surface area contributed by atoms with Gasteiger partial charge in [0.25, 0.3) is 0 Å². The number of ether oxygens (including phenoxy) is 2. The molecule has 0 saturated heterocycles. The van der Waals surface area contributed by atoms with Crippen molar-refractivity contribution in [3.05, 3.63) is 35.4 Å². The Balaban J connectivity index is 2.46. The molecule has 1 aliphatic rings. The number of esters is 1. The maximum atomic E-state index is 11.9. The summed E-state index contributed by atoms with van der Waals surface area (Å²) in [6.45, 7) is 0.0923. The van der Waals surface area contributed by atoms with Gasteiger partial charge in [-0.2, -0.15) is 0 Å². The molecule has 0 aliphatic carbocycles. The minimum Gasteiger partial charge on any atom is -0.467 e. The summed E-state index contributed by atoms with van der Waals surface area (Å²) in [6.07, 6.45) is 1.47. The predicted molar refractivity (Wildman–Crippen MR) is 64.0 cm³/mol. The van der Waals surface area contributed by atoms with Gasteiger partial charge in [0.15, 0.2) is 0 Å². The third-order valence-corrected chi connectivity index (χ3v) is 2.68. The van der Waals surface area contributed by atoms with Gasteiger partial charge in [0.2, 0.25) is 0 Å². The van der Waals surface area contributed by atoms with Crippen LogP contribution in [0.2, 0.25) is 0 Å². The standard InChI is InChI=1S/C12H14N2O5/c1-17-6-7-9(11(15)18-2)10(14-12(16)13-7)8-4-3-5-19-8/h3-5,10H,6H2,1-2H3,(H2,13,14,16). The van der Waals surface area contributed by atoms with Gasteiger partial charge >= 0.3 is 12.0 Å². The molecule has 0 saturated carbocycles. The van der Waals surface area contributed by atoms with Gasteiger partial charge in [-0.1, -0.05) is 0 Å². The van der Waals surface area contributed by atoms with E-state index in [4.69, 9.17) is 13.9 Å². The van der Waals surface area contributed by atoms with E-state index in [0.717, 1.165) is 0 Å². The number of urea groups is 1. The molecule has 1 atom stereocenters. The Morgan fingerprint density at radius 2 is 2.26 bits per heavy atom. The van der Waals surface area contributed by atoms with Crippen molar-refractivity contribution in [1.29, 1.82) is 0 Å². The molecule has 0 spiro atoms. The summed E-state index contributed by atoms with van der Waals surface area (Å²) in [4.78, 5) is 23.5. The lowest BCUT2D eigenvalue weighted by Crippen LogP contribution is -2.46. The quantitative estimate of drug-likeness (QED) is 0.783. The van der Waals surface area contributed by atoms with Crippen LogP contribution in [0.4, 0.5) is 4.79 Å². The number of furan rings is 1. The number of methoxy groups -OCH3 is 2. The summed E-state index contributed by atoms with van der Waals surface area (Å²) in [5.41, 5.74) is 0.624. The molecule has 1 unspecified atom stereocenters. The Kier molecular flexibility index (Phi) is 3.86. The number of carbonyl (C=O) groups is 2. The molecule has 0 radical (unpaired) electrons. The fourth-order valence-corrected chi connectivity index (χ4v) is 1.90.